The highest BCUT2D eigenvalue weighted by atomic mass is 32.1. The van der Waals surface area contributed by atoms with Gasteiger partial charge in [-0.05, 0) is 38.0 Å². The summed E-state index contributed by atoms with van der Waals surface area (Å²) in [5, 5.41) is 12.2. The number of amides is 2. The molecular formula is C19H18N4O3S. The van der Waals surface area contributed by atoms with Crippen molar-refractivity contribution in [1.29, 1.82) is 0 Å². The molecule has 1 aliphatic heterocycles. The number of benzene rings is 1. The minimum atomic E-state index is -0.533. The Balaban J connectivity index is 1.46. The van der Waals surface area contributed by atoms with Crippen LogP contribution in [0.4, 0.5) is 5.13 Å². The average molecular weight is 382 g/mol. The Kier molecular flexibility index (Phi) is 4.72. The fourth-order valence-electron chi connectivity index (χ4n) is 3.18. The number of nitrogens with zero attached hydrogens (tertiary/aromatic N) is 3. The quantitative estimate of drug-likeness (QED) is 0.748. The first-order valence-corrected chi connectivity index (χ1v) is 9.49. The van der Waals surface area contributed by atoms with Crippen molar-refractivity contribution in [2.75, 3.05) is 11.9 Å². The number of rotatable bonds is 4. The molecule has 0 aliphatic carbocycles. The van der Waals surface area contributed by atoms with Gasteiger partial charge in [0.15, 0.2) is 5.76 Å². The Morgan fingerprint density at radius 2 is 2.15 bits per heavy atom. The van der Waals surface area contributed by atoms with Crippen molar-refractivity contribution in [3.8, 4) is 10.6 Å². The number of aromatic nitrogens is 2. The van der Waals surface area contributed by atoms with E-state index >= 15 is 0 Å². The van der Waals surface area contributed by atoms with Crippen molar-refractivity contribution in [3.05, 3.63) is 54.0 Å². The maximum Gasteiger partial charge on any atom is 0.290 e. The zero-order valence-corrected chi connectivity index (χ0v) is 15.5. The van der Waals surface area contributed by atoms with E-state index in [0.29, 0.717) is 18.1 Å². The first-order chi connectivity index (χ1) is 13.1. The van der Waals surface area contributed by atoms with Gasteiger partial charge in [-0.15, -0.1) is 10.2 Å². The van der Waals surface area contributed by atoms with Gasteiger partial charge in [-0.3, -0.25) is 14.9 Å². The van der Waals surface area contributed by atoms with Gasteiger partial charge in [-0.2, -0.15) is 0 Å². The molecule has 1 fully saturated rings. The van der Waals surface area contributed by atoms with E-state index in [-0.39, 0.29) is 17.6 Å². The second-order valence-corrected chi connectivity index (χ2v) is 7.38. The highest BCUT2D eigenvalue weighted by Gasteiger charge is 2.35. The molecule has 3 aromatic rings. The fourth-order valence-corrected chi connectivity index (χ4v) is 3.92. The highest BCUT2D eigenvalue weighted by Crippen LogP contribution is 2.28. The third kappa shape index (κ3) is 3.61. The molecule has 1 unspecified atom stereocenters. The highest BCUT2D eigenvalue weighted by molar-refractivity contribution is 7.18. The summed E-state index contributed by atoms with van der Waals surface area (Å²) in [6.07, 6.45) is 2.84. The van der Waals surface area contributed by atoms with Gasteiger partial charge in [-0.25, -0.2) is 0 Å². The first-order valence-electron chi connectivity index (χ1n) is 8.68. The molecule has 4 rings (SSSR count). The maximum atomic E-state index is 12.7. The molecule has 1 aromatic carbocycles. The first kappa shape index (κ1) is 17.4. The number of likely N-dealkylation sites (tertiary alicyclic amines) is 1. The molecule has 8 heteroatoms. The van der Waals surface area contributed by atoms with Gasteiger partial charge in [0.1, 0.15) is 11.0 Å². The smallest absolute Gasteiger partial charge is 0.290 e. The number of furan rings is 1. The van der Waals surface area contributed by atoms with Gasteiger partial charge >= 0.3 is 0 Å². The van der Waals surface area contributed by atoms with Crippen molar-refractivity contribution in [2.24, 2.45) is 0 Å². The normalized spacial score (nSPS) is 16.5. The van der Waals surface area contributed by atoms with Crippen LogP contribution in [0.1, 0.15) is 29.0 Å². The summed E-state index contributed by atoms with van der Waals surface area (Å²) in [5.41, 5.74) is 2.09. The zero-order chi connectivity index (χ0) is 18.8. The van der Waals surface area contributed by atoms with Crippen LogP contribution in [-0.2, 0) is 4.79 Å². The molecule has 27 heavy (non-hydrogen) atoms. The van der Waals surface area contributed by atoms with E-state index in [1.54, 1.807) is 17.0 Å². The van der Waals surface area contributed by atoms with Crippen molar-refractivity contribution < 1.29 is 14.0 Å². The lowest BCUT2D eigenvalue weighted by Crippen LogP contribution is -2.43. The zero-order valence-electron chi connectivity index (χ0n) is 14.7. The monoisotopic (exact) mass is 382 g/mol. The number of hydrogen-bond donors (Lipinski definition) is 1. The second kappa shape index (κ2) is 7.32. The molecular weight excluding hydrogens is 364 g/mol. The van der Waals surface area contributed by atoms with Crippen LogP contribution in [0.3, 0.4) is 0 Å². The van der Waals surface area contributed by atoms with E-state index in [1.807, 2.05) is 31.2 Å². The van der Waals surface area contributed by atoms with Gasteiger partial charge in [0.05, 0.1) is 6.26 Å². The minimum Gasteiger partial charge on any atom is -0.459 e. The lowest BCUT2D eigenvalue weighted by atomic mass is 10.1. The van der Waals surface area contributed by atoms with E-state index in [1.165, 1.54) is 17.6 Å². The molecule has 1 atom stereocenters. The largest absolute Gasteiger partial charge is 0.459 e. The standard InChI is InChI=1S/C19H18N4O3S/c1-12-5-2-6-13(11-12)17-21-22-19(27-17)20-16(24)14-7-3-9-23(14)18(25)15-8-4-10-26-15/h2,4-6,8,10-11,14H,3,7,9H2,1H3,(H,20,22,24). The Hall–Kier alpha value is -3.00. The Bertz CT molecular complexity index is 967. The van der Waals surface area contributed by atoms with Crippen LogP contribution < -0.4 is 5.32 Å². The van der Waals surface area contributed by atoms with E-state index in [2.05, 4.69) is 15.5 Å². The summed E-state index contributed by atoms with van der Waals surface area (Å²) < 4.78 is 5.17. The molecule has 1 N–H and O–H groups in total. The van der Waals surface area contributed by atoms with Crippen molar-refractivity contribution >= 4 is 28.3 Å². The summed E-state index contributed by atoms with van der Waals surface area (Å²) in [7, 11) is 0. The van der Waals surface area contributed by atoms with Crippen molar-refractivity contribution in [3.63, 3.8) is 0 Å². The molecule has 0 spiro atoms. The second-order valence-electron chi connectivity index (χ2n) is 6.40. The van der Waals surface area contributed by atoms with Crippen LogP contribution in [-0.4, -0.2) is 39.5 Å². The summed E-state index contributed by atoms with van der Waals surface area (Å²) in [6.45, 7) is 2.54. The molecule has 3 heterocycles. The van der Waals surface area contributed by atoms with E-state index < -0.39 is 6.04 Å². The predicted octanol–water partition coefficient (Wildman–Crippen LogP) is 3.35. The summed E-state index contributed by atoms with van der Waals surface area (Å²) in [4.78, 5) is 26.8. The number of aryl methyl sites for hydroxylation is 1. The van der Waals surface area contributed by atoms with Crippen LogP contribution in [0.5, 0.6) is 0 Å². The molecule has 7 nitrogen and oxygen atoms in total. The summed E-state index contributed by atoms with van der Waals surface area (Å²) >= 11 is 1.31. The van der Waals surface area contributed by atoms with Gasteiger partial charge in [0.2, 0.25) is 11.0 Å². The number of anilines is 1. The lowest BCUT2D eigenvalue weighted by Gasteiger charge is -2.22. The molecule has 2 amide bonds. The van der Waals surface area contributed by atoms with Crippen molar-refractivity contribution in [2.45, 2.75) is 25.8 Å². The SMILES string of the molecule is Cc1cccc(-c2nnc(NC(=O)C3CCCN3C(=O)c3ccco3)s2)c1. The van der Waals surface area contributed by atoms with Crippen LogP contribution in [0.15, 0.2) is 47.1 Å². The molecule has 2 aromatic heterocycles. The van der Waals surface area contributed by atoms with Crippen LogP contribution in [0.25, 0.3) is 10.6 Å². The number of carbonyl (C=O) groups is 2. The Morgan fingerprint density at radius 3 is 2.93 bits per heavy atom. The molecule has 0 saturated carbocycles. The average Bonchev–Trinajstić information content (AvgIpc) is 3.41. The topological polar surface area (TPSA) is 88.3 Å². The van der Waals surface area contributed by atoms with E-state index in [4.69, 9.17) is 4.42 Å². The third-order valence-corrected chi connectivity index (χ3v) is 5.36. The fraction of sp³-hybridized carbons (Fsp3) is 0.263. The Morgan fingerprint density at radius 1 is 1.26 bits per heavy atom. The predicted molar refractivity (Wildman–Crippen MR) is 101 cm³/mol. The van der Waals surface area contributed by atoms with Crippen molar-refractivity contribution in [1.82, 2.24) is 15.1 Å². The third-order valence-electron chi connectivity index (χ3n) is 4.47. The summed E-state index contributed by atoms with van der Waals surface area (Å²) in [5.74, 6) is -0.276. The number of hydrogen-bond acceptors (Lipinski definition) is 6. The molecule has 1 aliphatic rings. The van der Waals surface area contributed by atoms with Gasteiger partial charge < -0.3 is 9.32 Å². The number of nitrogens with one attached hydrogen (secondary N) is 1. The minimum absolute atomic E-state index is 0.243. The van der Waals surface area contributed by atoms with E-state index in [0.717, 1.165) is 22.6 Å². The number of carbonyl (C=O) groups excluding carboxylic acids is 2. The van der Waals surface area contributed by atoms with Crippen LogP contribution >= 0.6 is 11.3 Å². The van der Waals surface area contributed by atoms with Crippen LogP contribution in [0, 0.1) is 6.92 Å². The van der Waals surface area contributed by atoms with Gasteiger partial charge in [0.25, 0.3) is 5.91 Å². The van der Waals surface area contributed by atoms with E-state index in [9.17, 15) is 9.59 Å². The van der Waals surface area contributed by atoms with Gasteiger partial charge in [-0.1, -0.05) is 35.1 Å². The maximum absolute atomic E-state index is 12.7. The molecule has 1 saturated heterocycles. The summed E-state index contributed by atoms with van der Waals surface area (Å²) in [6, 6.07) is 10.7. The van der Waals surface area contributed by atoms with Crippen LogP contribution in [0.2, 0.25) is 0 Å². The Labute approximate surface area is 160 Å². The lowest BCUT2D eigenvalue weighted by molar-refractivity contribution is -0.119. The molecule has 0 radical (unpaired) electrons. The molecule has 138 valence electrons. The van der Waals surface area contributed by atoms with Gasteiger partial charge in [0, 0.05) is 12.1 Å². The molecule has 0 bridgehead atoms.